The van der Waals surface area contributed by atoms with Crippen LogP contribution < -0.4 is 22.8 Å². The number of phosphoric ester groups is 3. The number of hydrogen-bond donors (Lipinski definition) is 11. The highest BCUT2D eigenvalue weighted by atomic mass is 31.2. The summed E-state index contributed by atoms with van der Waals surface area (Å²) in [6.07, 6.45) is -12.5. The molecule has 3 saturated heterocycles. The van der Waals surface area contributed by atoms with Crippen LogP contribution in [-0.4, -0.2) is 162 Å². The monoisotopic (exact) mass is 1010 g/mol. The zero-order valence-corrected chi connectivity index (χ0v) is 36.3. The molecule has 9 heterocycles. The summed E-state index contributed by atoms with van der Waals surface area (Å²) in [4.78, 5) is 88.2. The maximum Gasteiger partial charge on any atom is 0.472 e. The maximum absolute atomic E-state index is 13.7. The summed E-state index contributed by atoms with van der Waals surface area (Å²) in [7, 11) is -16.1. The molecular weight excluding hydrogens is 967 g/mol. The van der Waals surface area contributed by atoms with Gasteiger partial charge in [0.05, 0.1) is 38.8 Å². The van der Waals surface area contributed by atoms with Gasteiger partial charge < -0.3 is 66.3 Å². The number of ether oxygens (including phenoxy) is 3. The predicted molar refractivity (Wildman–Crippen MR) is 216 cm³/mol. The molecule has 14 N–H and O–H groups in total. The van der Waals surface area contributed by atoms with E-state index in [-0.39, 0.29) is 57.5 Å². The number of nitrogen functional groups attached to an aromatic ring is 3. The van der Waals surface area contributed by atoms with E-state index in [1.807, 2.05) is 0 Å². The van der Waals surface area contributed by atoms with Crippen LogP contribution in [0.5, 0.6) is 0 Å². The number of nitrogens with two attached hydrogens (primary N) is 3. The van der Waals surface area contributed by atoms with Gasteiger partial charge in [-0.1, -0.05) is 0 Å². The lowest BCUT2D eigenvalue weighted by molar-refractivity contribution is -0.0616. The van der Waals surface area contributed by atoms with Crippen molar-refractivity contribution >= 4 is 74.5 Å². The van der Waals surface area contributed by atoms with Crippen LogP contribution in [0.25, 0.3) is 33.5 Å². The van der Waals surface area contributed by atoms with E-state index in [0.29, 0.717) is 0 Å². The normalized spacial score (nSPS) is 29.9. The number of hydrogen-bond acceptors (Lipinski definition) is 26. The molecule has 0 radical (unpaired) electrons. The Kier molecular flexibility index (Phi) is 12.5. The number of nitrogens with zero attached hydrogens (tertiary/aromatic N) is 11. The minimum Gasteiger partial charge on any atom is -0.394 e. The van der Waals surface area contributed by atoms with E-state index in [1.165, 1.54) is 17.2 Å². The molecule has 0 amide bonds. The van der Waals surface area contributed by atoms with Crippen molar-refractivity contribution in [2.24, 2.45) is 0 Å². The van der Waals surface area contributed by atoms with Crippen molar-refractivity contribution in [2.75, 3.05) is 37.0 Å². The molecule has 6 aromatic heterocycles. The third-order valence-electron chi connectivity index (χ3n) is 10.6. The second-order valence-electron chi connectivity index (χ2n) is 14.9. The summed E-state index contributed by atoms with van der Waals surface area (Å²) in [5.74, 6) is -0.350. The number of imidazole rings is 3. The minimum atomic E-state index is -5.52. The fourth-order valence-corrected chi connectivity index (χ4v) is 10.2. The number of H-pyrrole nitrogens is 1. The van der Waals surface area contributed by atoms with E-state index in [9.17, 15) is 53.4 Å². The summed E-state index contributed by atoms with van der Waals surface area (Å²) < 4.78 is 86.3. The second-order valence-corrected chi connectivity index (χ2v) is 18.9. The number of fused-ring (bicyclic) bond motifs is 3. The van der Waals surface area contributed by atoms with Crippen LogP contribution in [-0.2, 0) is 50.5 Å². The summed E-state index contributed by atoms with van der Waals surface area (Å²) in [5.41, 5.74) is 16.8. The van der Waals surface area contributed by atoms with Gasteiger partial charge in [0, 0.05) is 6.42 Å². The largest absolute Gasteiger partial charge is 0.472 e. The first kappa shape index (κ1) is 47.0. The van der Waals surface area contributed by atoms with Gasteiger partial charge in [-0.2, -0.15) is 4.98 Å². The minimum absolute atomic E-state index is 0.0203. The van der Waals surface area contributed by atoms with Crippen LogP contribution in [0.2, 0.25) is 0 Å². The predicted octanol–water partition coefficient (Wildman–Crippen LogP) is -3.18. The van der Waals surface area contributed by atoms with E-state index in [1.54, 1.807) is 0 Å². The van der Waals surface area contributed by atoms with Gasteiger partial charge in [-0.3, -0.25) is 46.1 Å². The Labute approximate surface area is 371 Å². The molecule has 0 aromatic carbocycles. The lowest BCUT2D eigenvalue weighted by Crippen LogP contribution is -2.37. The highest BCUT2D eigenvalue weighted by Crippen LogP contribution is 2.53. The fourth-order valence-electron chi connectivity index (χ4n) is 7.72. The van der Waals surface area contributed by atoms with Crippen molar-refractivity contribution < 1.29 is 85.4 Å². The highest BCUT2D eigenvalue weighted by Gasteiger charge is 2.53. The molecule has 6 aromatic rings. The molecule has 3 fully saturated rings. The van der Waals surface area contributed by atoms with Gasteiger partial charge in [0.1, 0.15) is 78.7 Å². The second kappa shape index (κ2) is 17.8. The summed E-state index contributed by atoms with van der Waals surface area (Å²) in [6.45, 7) is -2.81. The molecule has 67 heavy (non-hydrogen) atoms. The number of aromatic nitrogens is 12. The van der Waals surface area contributed by atoms with Crippen molar-refractivity contribution in [3.63, 3.8) is 0 Å². The molecule has 9 rings (SSSR count). The quantitative estimate of drug-likeness (QED) is 0.0426. The van der Waals surface area contributed by atoms with Crippen molar-refractivity contribution in [3.8, 4) is 0 Å². The first-order valence-electron chi connectivity index (χ1n) is 19.3. The summed E-state index contributed by atoms with van der Waals surface area (Å²) in [5, 5.41) is 32.8. The van der Waals surface area contributed by atoms with Gasteiger partial charge in [-0.25, -0.2) is 48.6 Å². The van der Waals surface area contributed by atoms with Crippen LogP contribution in [0.1, 0.15) is 25.1 Å². The van der Waals surface area contributed by atoms with Gasteiger partial charge in [0.2, 0.25) is 5.95 Å². The smallest absolute Gasteiger partial charge is 0.394 e. The first-order valence-corrected chi connectivity index (χ1v) is 23.8. The van der Waals surface area contributed by atoms with Crippen LogP contribution in [0.15, 0.2) is 36.4 Å². The van der Waals surface area contributed by atoms with Crippen molar-refractivity contribution in [1.82, 2.24) is 58.6 Å². The molecule has 3 aliphatic heterocycles. The van der Waals surface area contributed by atoms with E-state index in [2.05, 4.69) is 44.9 Å². The lowest BCUT2D eigenvalue weighted by atomic mass is 10.1. The molecule has 37 heteroatoms. The Morgan fingerprint density at radius 2 is 1.18 bits per heavy atom. The van der Waals surface area contributed by atoms with Crippen molar-refractivity contribution in [3.05, 3.63) is 42.0 Å². The molecule has 2 unspecified atom stereocenters. The van der Waals surface area contributed by atoms with Crippen molar-refractivity contribution in [2.45, 2.75) is 73.9 Å². The zero-order chi connectivity index (χ0) is 47.7. The van der Waals surface area contributed by atoms with Crippen LogP contribution >= 0.6 is 23.5 Å². The van der Waals surface area contributed by atoms with Gasteiger partial charge in [0.25, 0.3) is 5.56 Å². The van der Waals surface area contributed by atoms with Crippen molar-refractivity contribution in [1.29, 1.82) is 0 Å². The fraction of sp³-hybridized carbons (Fsp3) is 0.500. The number of aliphatic hydroxyl groups is 3. The van der Waals surface area contributed by atoms with Gasteiger partial charge >= 0.3 is 23.5 Å². The SMILES string of the molecule is Nc1nc2c(ncn2[C@@H]2O[C@H](COP(=O)(O)O[C@H]3C[C@H](n4cnc5c(N)ncnc54)O[C@@H]3CO)[C@@H](OP(=O)(O)OC[C@H]3O[C@@H](n4cnc5c(N)ncnc54)[C@H](O)[C@@H]3OP(=O)(O)O)[C@H]2O)c(=O)[nH]1. The van der Waals surface area contributed by atoms with E-state index < -0.39 is 116 Å². The Bertz CT molecular complexity index is 3020. The number of phosphoric acid groups is 3. The molecule has 0 bridgehead atoms. The van der Waals surface area contributed by atoms with Gasteiger partial charge in [-0.15, -0.1) is 0 Å². The Balaban J connectivity index is 0.933. The standard InChI is InChI=1S/C30H38N15O19P3/c31-22-15-24(36-5-34-22)43(7-38-15)14-1-10(11(2-46)59-14)62-66(53,54)57-4-13-21(19(48)29(61-13)45-9-40-17-26(45)41-30(33)42-27(17)49)64-67(55,56)58-3-12-20(63-65(50,51)52)18(47)28(60-12)44-8-39-16-23(32)35-6-37-25(16)44/h5-14,18-21,28-29,46-48H,1-4H2,(H,53,54)(H,55,56)(H2,31,34,36)(H2,32,35,37)(H2,50,51,52)(H3,33,41,42,49)/t10-,11+,12+,13+,14+,18+,19+,20+,21+,28+,29+/m0/s1. The average molecular weight is 1010 g/mol. The average Bonchev–Trinajstić information content (AvgIpc) is 4.12. The van der Waals surface area contributed by atoms with Crippen LogP contribution in [0, 0.1) is 0 Å². The molecule has 0 saturated carbocycles. The zero-order valence-electron chi connectivity index (χ0n) is 33.6. The molecule has 0 aliphatic carbocycles. The van der Waals surface area contributed by atoms with E-state index in [0.717, 1.165) is 28.1 Å². The van der Waals surface area contributed by atoms with Gasteiger partial charge in [-0.05, 0) is 0 Å². The van der Waals surface area contributed by atoms with E-state index >= 15 is 0 Å². The Hall–Kier alpha value is -5.06. The third-order valence-corrected chi connectivity index (χ3v) is 13.2. The number of aromatic amines is 1. The van der Waals surface area contributed by atoms with Crippen LogP contribution in [0.4, 0.5) is 17.6 Å². The number of nitrogens with one attached hydrogen (secondary N) is 1. The lowest BCUT2D eigenvalue weighted by Gasteiger charge is -2.25. The summed E-state index contributed by atoms with van der Waals surface area (Å²) in [6, 6.07) is 0. The van der Waals surface area contributed by atoms with Gasteiger partial charge in [0.15, 0.2) is 46.5 Å². The Morgan fingerprint density at radius 3 is 1.75 bits per heavy atom. The topological polar surface area (TPSA) is 495 Å². The molecule has 13 atom stereocenters. The molecule has 0 spiro atoms. The maximum atomic E-state index is 13.7. The Morgan fingerprint density at radius 1 is 0.672 bits per heavy atom. The molecule has 3 aliphatic rings. The van der Waals surface area contributed by atoms with E-state index in [4.69, 9.17) is 54.0 Å². The molecular formula is C30H38N15O19P3. The number of aliphatic hydroxyl groups excluding tert-OH is 3. The highest BCUT2D eigenvalue weighted by molar-refractivity contribution is 7.47. The molecule has 34 nitrogen and oxygen atoms in total. The van der Waals surface area contributed by atoms with Crippen LogP contribution in [0.3, 0.4) is 0 Å². The molecule has 362 valence electrons. The summed E-state index contributed by atoms with van der Waals surface area (Å²) >= 11 is 0. The number of rotatable bonds is 16. The first-order chi connectivity index (χ1) is 31.7. The number of anilines is 3. The third kappa shape index (κ3) is 9.29.